The second kappa shape index (κ2) is 3.64. The lowest BCUT2D eigenvalue weighted by Gasteiger charge is -2.28. The van der Waals surface area contributed by atoms with Crippen LogP contribution >= 0.6 is 0 Å². The van der Waals surface area contributed by atoms with Crippen LogP contribution in [0.25, 0.3) is 0 Å². The molecule has 0 aliphatic carbocycles. The third kappa shape index (κ3) is 1.64. The van der Waals surface area contributed by atoms with Crippen molar-refractivity contribution >= 4 is 0 Å². The molecule has 2 aliphatic rings. The van der Waals surface area contributed by atoms with Crippen molar-refractivity contribution in [2.45, 2.75) is 39.6 Å². The minimum absolute atomic E-state index is 0.185. The van der Waals surface area contributed by atoms with Gasteiger partial charge in [-0.05, 0) is 26.0 Å². The minimum atomic E-state index is -0.185. The Balaban J connectivity index is 1.99. The Morgan fingerprint density at radius 2 is 1.31 bits per heavy atom. The Hall–Kier alpha value is -1.26. The summed E-state index contributed by atoms with van der Waals surface area (Å²) >= 11 is 0. The van der Waals surface area contributed by atoms with Gasteiger partial charge in [-0.15, -0.1) is 0 Å². The molecule has 0 amide bonds. The largest absolute Gasteiger partial charge is 0.465 e. The third-order valence-electron chi connectivity index (χ3n) is 2.78. The molecule has 0 saturated carbocycles. The lowest BCUT2D eigenvalue weighted by Crippen LogP contribution is -2.25. The molecule has 0 spiro atoms. The molecule has 0 N–H and O–H groups in total. The molecule has 4 nitrogen and oxygen atoms in total. The molecule has 0 fully saturated rings. The number of hydrogen-bond donors (Lipinski definition) is 0. The fraction of sp³-hybridized carbons (Fsp3) is 0.500. The molecule has 0 aromatic heterocycles. The molecule has 4 heteroatoms. The monoisotopic (exact) mass is 222 g/mol. The summed E-state index contributed by atoms with van der Waals surface area (Å²) in [5.41, 5.74) is 2.07. The van der Waals surface area contributed by atoms with Gasteiger partial charge in [0.15, 0.2) is 12.6 Å². The highest BCUT2D eigenvalue weighted by Gasteiger charge is 2.23. The molecule has 86 valence electrons. The van der Waals surface area contributed by atoms with Crippen LogP contribution in [0.1, 0.15) is 25.0 Å². The topological polar surface area (TPSA) is 36.9 Å². The quantitative estimate of drug-likeness (QED) is 0.674. The summed E-state index contributed by atoms with van der Waals surface area (Å²) in [6, 6.07) is 3.96. The van der Waals surface area contributed by atoms with E-state index in [0.29, 0.717) is 13.2 Å². The highest BCUT2D eigenvalue weighted by molar-refractivity contribution is 5.47. The first-order valence-corrected chi connectivity index (χ1v) is 5.44. The molecule has 2 aliphatic heterocycles. The standard InChI is InChI=1S/C12H14O4/c1-7-13-5-9-4-12-10(3-11(9)15-7)6-14-8(2)16-12/h3-4,7-8H,5-6H2,1-2H3/t7-,8-/m1/s1. The van der Waals surface area contributed by atoms with E-state index >= 15 is 0 Å². The maximum absolute atomic E-state index is 5.59. The summed E-state index contributed by atoms with van der Waals surface area (Å²) in [5, 5.41) is 0. The second-order valence-corrected chi connectivity index (χ2v) is 4.06. The Labute approximate surface area is 94.1 Å². The van der Waals surface area contributed by atoms with Crippen molar-refractivity contribution in [2.75, 3.05) is 0 Å². The first kappa shape index (κ1) is 9.93. The zero-order valence-electron chi connectivity index (χ0n) is 9.36. The summed E-state index contributed by atoms with van der Waals surface area (Å²) in [5.74, 6) is 1.75. The average Bonchev–Trinajstić information content (AvgIpc) is 2.26. The molecule has 2 heterocycles. The molecule has 0 saturated heterocycles. The lowest BCUT2D eigenvalue weighted by molar-refractivity contribution is -0.102. The molecule has 3 rings (SSSR count). The molecule has 1 aromatic rings. The van der Waals surface area contributed by atoms with E-state index in [0.717, 1.165) is 22.6 Å². The van der Waals surface area contributed by atoms with Crippen LogP contribution in [0.4, 0.5) is 0 Å². The zero-order chi connectivity index (χ0) is 11.1. The summed E-state index contributed by atoms with van der Waals surface area (Å²) < 4.78 is 22.0. The SMILES string of the molecule is C[C@@H]1OCc2cc3c(cc2O1)CO[C@@H](C)O3. The minimum Gasteiger partial charge on any atom is -0.465 e. The van der Waals surface area contributed by atoms with Crippen LogP contribution in [0.2, 0.25) is 0 Å². The van der Waals surface area contributed by atoms with Gasteiger partial charge in [0.05, 0.1) is 13.2 Å². The van der Waals surface area contributed by atoms with Gasteiger partial charge in [0.1, 0.15) is 11.5 Å². The van der Waals surface area contributed by atoms with E-state index in [4.69, 9.17) is 18.9 Å². The fourth-order valence-electron chi connectivity index (χ4n) is 1.93. The van der Waals surface area contributed by atoms with Crippen LogP contribution in [0.3, 0.4) is 0 Å². The highest BCUT2D eigenvalue weighted by atomic mass is 16.7. The molecule has 16 heavy (non-hydrogen) atoms. The van der Waals surface area contributed by atoms with Crippen molar-refractivity contribution in [3.05, 3.63) is 23.3 Å². The van der Waals surface area contributed by atoms with Crippen molar-refractivity contribution in [2.24, 2.45) is 0 Å². The van der Waals surface area contributed by atoms with E-state index in [1.165, 1.54) is 0 Å². The van der Waals surface area contributed by atoms with Gasteiger partial charge in [0.2, 0.25) is 0 Å². The molecule has 0 radical (unpaired) electrons. The van der Waals surface area contributed by atoms with E-state index in [9.17, 15) is 0 Å². The van der Waals surface area contributed by atoms with E-state index in [1.54, 1.807) is 0 Å². The molecular formula is C12H14O4. The number of hydrogen-bond acceptors (Lipinski definition) is 4. The molecule has 2 atom stereocenters. The summed E-state index contributed by atoms with van der Waals surface area (Å²) in [7, 11) is 0. The molecular weight excluding hydrogens is 208 g/mol. The highest BCUT2D eigenvalue weighted by Crippen LogP contribution is 2.35. The Bertz CT molecular complexity index is 376. The van der Waals surface area contributed by atoms with Gasteiger partial charge < -0.3 is 18.9 Å². The Kier molecular flexibility index (Phi) is 2.26. The zero-order valence-corrected chi connectivity index (χ0v) is 9.36. The smallest absolute Gasteiger partial charge is 0.197 e. The van der Waals surface area contributed by atoms with Crippen LogP contribution in [-0.2, 0) is 22.7 Å². The van der Waals surface area contributed by atoms with Gasteiger partial charge in [-0.2, -0.15) is 0 Å². The van der Waals surface area contributed by atoms with Crippen LogP contribution in [-0.4, -0.2) is 12.6 Å². The summed E-state index contributed by atoms with van der Waals surface area (Å²) in [4.78, 5) is 0. The first-order chi connectivity index (χ1) is 7.72. The van der Waals surface area contributed by atoms with Gasteiger partial charge in [-0.1, -0.05) is 0 Å². The number of ether oxygens (including phenoxy) is 4. The normalized spacial score (nSPS) is 27.4. The van der Waals surface area contributed by atoms with E-state index in [2.05, 4.69) is 0 Å². The van der Waals surface area contributed by atoms with Crippen molar-refractivity contribution in [1.82, 2.24) is 0 Å². The van der Waals surface area contributed by atoms with Crippen molar-refractivity contribution in [3.63, 3.8) is 0 Å². The maximum atomic E-state index is 5.59. The number of rotatable bonds is 0. The Morgan fingerprint density at radius 3 is 1.75 bits per heavy atom. The fourth-order valence-corrected chi connectivity index (χ4v) is 1.93. The van der Waals surface area contributed by atoms with Crippen LogP contribution in [0.5, 0.6) is 11.5 Å². The number of benzene rings is 1. The van der Waals surface area contributed by atoms with E-state index in [-0.39, 0.29) is 12.6 Å². The van der Waals surface area contributed by atoms with Gasteiger partial charge >= 0.3 is 0 Å². The summed E-state index contributed by atoms with van der Waals surface area (Å²) in [6.45, 7) is 4.92. The van der Waals surface area contributed by atoms with Crippen molar-refractivity contribution in [3.8, 4) is 11.5 Å². The summed E-state index contributed by atoms with van der Waals surface area (Å²) in [6.07, 6.45) is -0.371. The van der Waals surface area contributed by atoms with Crippen LogP contribution < -0.4 is 9.47 Å². The van der Waals surface area contributed by atoms with E-state index in [1.807, 2.05) is 26.0 Å². The van der Waals surface area contributed by atoms with Gasteiger partial charge in [0, 0.05) is 11.1 Å². The van der Waals surface area contributed by atoms with Gasteiger partial charge in [0.25, 0.3) is 0 Å². The first-order valence-electron chi connectivity index (χ1n) is 5.44. The third-order valence-corrected chi connectivity index (χ3v) is 2.78. The maximum Gasteiger partial charge on any atom is 0.197 e. The van der Waals surface area contributed by atoms with Gasteiger partial charge in [-0.3, -0.25) is 0 Å². The van der Waals surface area contributed by atoms with Gasteiger partial charge in [-0.25, -0.2) is 0 Å². The van der Waals surface area contributed by atoms with E-state index < -0.39 is 0 Å². The predicted molar refractivity (Wildman–Crippen MR) is 56.2 cm³/mol. The Morgan fingerprint density at radius 1 is 0.875 bits per heavy atom. The molecule has 0 bridgehead atoms. The lowest BCUT2D eigenvalue weighted by atomic mass is 10.1. The molecule has 1 aromatic carbocycles. The number of fused-ring (bicyclic) bond motifs is 2. The van der Waals surface area contributed by atoms with Crippen LogP contribution in [0.15, 0.2) is 12.1 Å². The van der Waals surface area contributed by atoms with Crippen molar-refractivity contribution < 1.29 is 18.9 Å². The second-order valence-electron chi connectivity index (χ2n) is 4.06. The van der Waals surface area contributed by atoms with Crippen LogP contribution in [0, 0.1) is 0 Å². The average molecular weight is 222 g/mol. The predicted octanol–water partition coefficient (Wildman–Crippen LogP) is 2.20. The molecule has 0 unspecified atom stereocenters. The van der Waals surface area contributed by atoms with Crippen molar-refractivity contribution in [1.29, 1.82) is 0 Å².